The Kier molecular flexibility index (Phi) is 7.14. The van der Waals surface area contributed by atoms with Crippen LogP contribution < -0.4 is 5.32 Å². The van der Waals surface area contributed by atoms with E-state index in [0.717, 1.165) is 29.0 Å². The van der Waals surface area contributed by atoms with Gasteiger partial charge in [0.05, 0.1) is 5.69 Å². The first-order chi connectivity index (χ1) is 12.1. The Hall–Kier alpha value is -1.95. The summed E-state index contributed by atoms with van der Waals surface area (Å²) in [7, 11) is 0. The molecule has 0 aliphatic heterocycles. The van der Waals surface area contributed by atoms with E-state index in [1.54, 1.807) is 0 Å². The number of carbonyl (C=O) groups excluding carboxylic acids is 1. The van der Waals surface area contributed by atoms with E-state index in [0.29, 0.717) is 15.7 Å². The number of carbonyl (C=O) groups is 1. The predicted octanol–water partition coefficient (Wildman–Crippen LogP) is 6.23. The van der Waals surface area contributed by atoms with Crippen LogP contribution >= 0.6 is 35.3 Å². The van der Waals surface area contributed by atoms with Gasteiger partial charge < -0.3 is 0 Å². The molecule has 0 aliphatic carbocycles. The highest BCUT2D eigenvalue weighted by Crippen LogP contribution is 2.33. The first-order valence-corrected chi connectivity index (χ1v) is 9.09. The predicted molar refractivity (Wildman–Crippen MR) is 108 cm³/mol. The van der Waals surface area contributed by atoms with Crippen molar-refractivity contribution in [2.24, 2.45) is 0 Å². The van der Waals surface area contributed by atoms with E-state index >= 15 is 0 Å². The lowest BCUT2D eigenvalue weighted by Gasteiger charge is -2.01. The number of aryl methyl sites for hydroxylation is 1. The van der Waals surface area contributed by atoms with Gasteiger partial charge in [-0.15, -0.1) is 23.7 Å². The summed E-state index contributed by atoms with van der Waals surface area (Å²) in [5, 5.41) is 4.00. The number of amides is 1. The number of thiazole rings is 1. The molecular weight excluding hydrogens is 394 g/mol. The Balaban J connectivity index is 0.00000243. The molecule has 3 nitrogen and oxygen atoms in total. The van der Waals surface area contributed by atoms with Crippen molar-refractivity contribution in [1.82, 2.24) is 4.98 Å². The van der Waals surface area contributed by atoms with Crippen LogP contribution in [0.25, 0.3) is 11.3 Å². The molecule has 0 unspecified atom stereocenters. The summed E-state index contributed by atoms with van der Waals surface area (Å²) in [6, 6.07) is 12.9. The normalized spacial score (nSPS) is 10.3. The number of nitrogens with one attached hydrogen (secondary N) is 1. The van der Waals surface area contributed by atoms with E-state index in [4.69, 9.17) is 11.6 Å². The van der Waals surface area contributed by atoms with E-state index < -0.39 is 0 Å². The second kappa shape index (κ2) is 9.12. The highest BCUT2D eigenvalue weighted by atomic mass is 35.5. The summed E-state index contributed by atoms with van der Waals surface area (Å²) < 4.78 is 13.0. The van der Waals surface area contributed by atoms with Crippen molar-refractivity contribution in [3.8, 4) is 11.3 Å². The van der Waals surface area contributed by atoms with Gasteiger partial charge in [-0.25, -0.2) is 9.37 Å². The maximum Gasteiger partial charge on any atom is 0.257 e. The van der Waals surface area contributed by atoms with E-state index in [1.165, 1.54) is 35.6 Å². The third-order valence-corrected chi connectivity index (χ3v) is 4.90. The molecule has 0 saturated heterocycles. The van der Waals surface area contributed by atoms with Crippen LogP contribution in [0.3, 0.4) is 0 Å². The second-order valence-electron chi connectivity index (χ2n) is 5.51. The van der Waals surface area contributed by atoms with Crippen LogP contribution in [-0.4, -0.2) is 10.9 Å². The molecule has 3 aromatic rings. The van der Waals surface area contributed by atoms with Crippen LogP contribution in [0.1, 0.15) is 28.6 Å². The smallest absolute Gasteiger partial charge is 0.257 e. The molecule has 26 heavy (non-hydrogen) atoms. The van der Waals surface area contributed by atoms with Gasteiger partial charge in [0, 0.05) is 21.0 Å². The maximum absolute atomic E-state index is 13.0. The summed E-state index contributed by atoms with van der Waals surface area (Å²) in [5.74, 6) is -0.680. The molecule has 0 atom stereocenters. The Labute approximate surface area is 166 Å². The van der Waals surface area contributed by atoms with Gasteiger partial charge in [0.2, 0.25) is 0 Å². The van der Waals surface area contributed by atoms with Crippen molar-refractivity contribution in [3.05, 3.63) is 69.8 Å². The minimum atomic E-state index is -0.374. The molecule has 0 bridgehead atoms. The third kappa shape index (κ3) is 4.81. The van der Waals surface area contributed by atoms with Crippen LogP contribution in [0, 0.1) is 5.82 Å². The number of anilines is 1. The molecule has 1 amide bonds. The minimum Gasteiger partial charge on any atom is -0.298 e. The molecule has 0 radical (unpaired) electrons. The molecule has 0 aliphatic rings. The number of nitrogens with zero attached hydrogens (tertiary/aromatic N) is 1. The zero-order valence-electron chi connectivity index (χ0n) is 14.0. The second-order valence-corrected chi connectivity index (χ2v) is 7.03. The zero-order chi connectivity index (χ0) is 17.8. The van der Waals surface area contributed by atoms with Gasteiger partial charge in [-0.1, -0.05) is 37.1 Å². The molecule has 0 spiro atoms. The van der Waals surface area contributed by atoms with E-state index in [2.05, 4.69) is 17.2 Å². The van der Waals surface area contributed by atoms with Crippen molar-refractivity contribution in [2.75, 3.05) is 5.32 Å². The van der Waals surface area contributed by atoms with Gasteiger partial charge in [-0.3, -0.25) is 10.1 Å². The molecule has 0 fully saturated rings. The average molecular weight is 411 g/mol. The fourth-order valence-corrected chi connectivity index (χ4v) is 3.61. The van der Waals surface area contributed by atoms with Crippen LogP contribution in [0.2, 0.25) is 5.02 Å². The summed E-state index contributed by atoms with van der Waals surface area (Å²) in [5.41, 5.74) is 2.21. The van der Waals surface area contributed by atoms with Crippen molar-refractivity contribution < 1.29 is 9.18 Å². The molecule has 1 aromatic heterocycles. The van der Waals surface area contributed by atoms with Crippen LogP contribution in [-0.2, 0) is 6.42 Å². The lowest BCUT2D eigenvalue weighted by Crippen LogP contribution is -2.11. The largest absolute Gasteiger partial charge is 0.298 e. The first kappa shape index (κ1) is 20.4. The molecule has 3 rings (SSSR count). The lowest BCUT2D eigenvalue weighted by molar-refractivity contribution is 0.102. The van der Waals surface area contributed by atoms with Gasteiger partial charge >= 0.3 is 0 Å². The quantitative estimate of drug-likeness (QED) is 0.541. The molecule has 7 heteroatoms. The van der Waals surface area contributed by atoms with Gasteiger partial charge in [-0.05, 0) is 42.8 Å². The Morgan fingerprint density at radius 2 is 1.81 bits per heavy atom. The Morgan fingerprint density at radius 1 is 1.15 bits per heavy atom. The standard InChI is InChI=1S/C19H16ClFN2OS.ClH/c1-2-3-16-17(12-4-8-14(20)9-5-12)22-19(25-16)23-18(24)13-6-10-15(21)11-7-13;/h4-11H,2-3H2,1H3,(H,22,23,24);1H. The summed E-state index contributed by atoms with van der Waals surface area (Å²) in [6.45, 7) is 2.10. The number of hydrogen-bond donors (Lipinski definition) is 1. The number of halogens is 3. The first-order valence-electron chi connectivity index (χ1n) is 7.89. The number of rotatable bonds is 5. The highest BCUT2D eigenvalue weighted by Gasteiger charge is 2.15. The van der Waals surface area contributed by atoms with Crippen LogP contribution in [0.15, 0.2) is 48.5 Å². The summed E-state index contributed by atoms with van der Waals surface area (Å²) >= 11 is 7.41. The van der Waals surface area contributed by atoms with Gasteiger partial charge in [0.25, 0.3) is 5.91 Å². The van der Waals surface area contributed by atoms with Gasteiger partial charge in [0.15, 0.2) is 5.13 Å². The van der Waals surface area contributed by atoms with Crippen LogP contribution in [0.4, 0.5) is 9.52 Å². The molecule has 1 N–H and O–H groups in total. The number of aromatic nitrogens is 1. The molecule has 0 saturated carbocycles. The number of benzene rings is 2. The van der Waals surface area contributed by atoms with E-state index in [1.807, 2.05) is 24.3 Å². The topological polar surface area (TPSA) is 42.0 Å². The van der Waals surface area contributed by atoms with Crippen molar-refractivity contribution in [3.63, 3.8) is 0 Å². The van der Waals surface area contributed by atoms with Crippen molar-refractivity contribution in [1.29, 1.82) is 0 Å². The monoisotopic (exact) mass is 410 g/mol. The van der Waals surface area contributed by atoms with Crippen molar-refractivity contribution in [2.45, 2.75) is 19.8 Å². The molecule has 2 aromatic carbocycles. The zero-order valence-corrected chi connectivity index (χ0v) is 16.3. The molecule has 136 valence electrons. The molecular formula is C19H17Cl2FN2OS. The van der Waals surface area contributed by atoms with Crippen LogP contribution in [0.5, 0.6) is 0 Å². The highest BCUT2D eigenvalue weighted by molar-refractivity contribution is 7.16. The minimum absolute atomic E-state index is 0. The Bertz CT molecular complexity index is 880. The van der Waals surface area contributed by atoms with E-state index in [-0.39, 0.29) is 24.1 Å². The van der Waals surface area contributed by atoms with Crippen molar-refractivity contribution >= 4 is 46.4 Å². The fourth-order valence-electron chi connectivity index (χ4n) is 2.41. The SMILES string of the molecule is CCCc1sc(NC(=O)c2ccc(F)cc2)nc1-c1ccc(Cl)cc1.Cl. The molecule has 1 heterocycles. The average Bonchev–Trinajstić information content (AvgIpc) is 2.99. The van der Waals surface area contributed by atoms with E-state index in [9.17, 15) is 9.18 Å². The lowest BCUT2D eigenvalue weighted by atomic mass is 10.1. The number of hydrogen-bond acceptors (Lipinski definition) is 3. The third-order valence-electron chi connectivity index (χ3n) is 3.62. The Morgan fingerprint density at radius 3 is 2.42 bits per heavy atom. The van der Waals surface area contributed by atoms with Gasteiger partial charge in [0.1, 0.15) is 5.82 Å². The maximum atomic E-state index is 13.0. The van der Waals surface area contributed by atoms with Gasteiger partial charge in [-0.2, -0.15) is 0 Å². The summed E-state index contributed by atoms with van der Waals surface area (Å²) in [4.78, 5) is 18.0. The summed E-state index contributed by atoms with van der Waals surface area (Å²) in [6.07, 6.45) is 1.86. The fraction of sp³-hybridized carbons (Fsp3) is 0.158.